The van der Waals surface area contributed by atoms with Gasteiger partial charge in [0.2, 0.25) is 0 Å². The summed E-state index contributed by atoms with van der Waals surface area (Å²) in [6.45, 7) is 4.50. The molecule has 15 heavy (non-hydrogen) atoms. The predicted octanol–water partition coefficient (Wildman–Crippen LogP) is 2.59. The molecular weight excluding hydrogens is 207 g/mol. The first-order valence-corrected chi connectivity index (χ1v) is 5.34. The highest BCUT2D eigenvalue weighted by atomic mass is 19.4. The highest BCUT2D eigenvalue weighted by molar-refractivity contribution is 4.58. The van der Waals surface area contributed by atoms with Crippen LogP contribution in [0.2, 0.25) is 0 Å². The second-order valence-electron chi connectivity index (χ2n) is 3.55. The SMILES string of the molecule is CCC(CC)CNCCOCC(F)(F)F. The Kier molecular flexibility index (Phi) is 7.78. The molecule has 0 unspecified atom stereocenters. The van der Waals surface area contributed by atoms with E-state index in [4.69, 9.17) is 0 Å². The number of halogens is 3. The van der Waals surface area contributed by atoms with Crippen LogP contribution in [0.3, 0.4) is 0 Å². The highest BCUT2D eigenvalue weighted by Gasteiger charge is 2.27. The third kappa shape index (κ3) is 10.0. The second kappa shape index (κ2) is 7.93. The molecule has 0 amide bonds. The van der Waals surface area contributed by atoms with Crippen molar-refractivity contribution in [2.24, 2.45) is 5.92 Å². The number of alkyl halides is 3. The third-order valence-corrected chi connectivity index (χ3v) is 2.28. The van der Waals surface area contributed by atoms with Crippen molar-refractivity contribution >= 4 is 0 Å². The molecule has 92 valence electrons. The largest absolute Gasteiger partial charge is 0.411 e. The van der Waals surface area contributed by atoms with Crippen LogP contribution in [0.5, 0.6) is 0 Å². The molecule has 2 nitrogen and oxygen atoms in total. The Hall–Kier alpha value is -0.290. The molecule has 0 aliphatic carbocycles. The van der Waals surface area contributed by atoms with E-state index in [1.54, 1.807) is 0 Å². The molecular formula is C10H20F3NO. The number of nitrogens with one attached hydrogen (secondary N) is 1. The van der Waals surface area contributed by atoms with E-state index in [1.807, 2.05) is 0 Å². The van der Waals surface area contributed by atoms with Crippen molar-refractivity contribution in [3.63, 3.8) is 0 Å². The van der Waals surface area contributed by atoms with Gasteiger partial charge in [-0.05, 0) is 12.5 Å². The zero-order valence-corrected chi connectivity index (χ0v) is 9.36. The number of ether oxygens (including phenoxy) is 1. The Balaban J connectivity index is 3.25. The van der Waals surface area contributed by atoms with Crippen molar-refractivity contribution in [1.82, 2.24) is 5.32 Å². The first kappa shape index (κ1) is 14.7. The number of hydrogen-bond acceptors (Lipinski definition) is 2. The van der Waals surface area contributed by atoms with Gasteiger partial charge >= 0.3 is 6.18 Å². The van der Waals surface area contributed by atoms with Crippen LogP contribution in [-0.2, 0) is 4.74 Å². The molecule has 1 N–H and O–H groups in total. The van der Waals surface area contributed by atoms with Gasteiger partial charge < -0.3 is 10.1 Å². The topological polar surface area (TPSA) is 21.3 Å². The van der Waals surface area contributed by atoms with Crippen LogP contribution in [0.15, 0.2) is 0 Å². The molecule has 0 rings (SSSR count). The molecule has 0 spiro atoms. The fourth-order valence-corrected chi connectivity index (χ4v) is 1.22. The van der Waals surface area contributed by atoms with Gasteiger partial charge in [0.15, 0.2) is 0 Å². The average molecular weight is 227 g/mol. The molecule has 5 heteroatoms. The van der Waals surface area contributed by atoms with E-state index in [9.17, 15) is 13.2 Å². The summed E-state index contributed by atoms with van der Waals surface area (Å²) in [5.41, 5.74) is 0. The maximum atomic E-state index is 11.7. The van der Waals surface area contributed by atoms with E-state index < -0.39 is 12.8 Å². The van der Waals surface area contributed by atoms with E-state index >= 15 is 0 Å². The zero-order chi connectivity index (χ0) is 11.7. The summed E-state index contributed by atoms with van der Waals surface area (Å²) >= 11 is 0. The fraction of sp³-hybridized carbons (Fsp3) is 1.00. The van der Waals surface area contributed by atoms with E-state index in [0.29, 0.717) is 12.5 Å². The van der Waals surface area contributed by atoms with E-state index in [2.05, 4.69) is 23.9 Å². The van der Waals surface area contributed by atoms with Crippen LogP contribution < -0.4 is 5.32 Å². The Morgan fingerprint density at radius 1 is 1.20 bits per heavy atom. The van der Waals surface area contributed by atoms with E-state index in [0.717, 1.165) is 19.4 Å². The first-order chi connectivity index (χ1) is 6.99. The third-order valence-electron chi connectivity index (χ3n) is 2.28. The van der Waals surface area contributed by atoms with Crippen LogP contribution in [0.1, 0.15) is 26.7 Å². The van der Waals surface area contributed by atoms with E-state index in [1.165, 1.54) is 0 Å². The van der Waals surface area contributed by atoms with Gasteiger partial charge in [0.1, 0.15) is 6.61 Å². The van der Waals surface area contributed by atoms with Gasteiger partial charge in [-0.1, -0.05) is 26.7 Å². The lowest BCUT2D eigenvalue weighted by Gasteiger charge is -2.13. The smallest absolute Gasteiger partial charge is 0.371 e. The second-order valence-corrected chi connectivity index (χ2v) is 3.55. The standard InChI is InChI=1S/C10H20F3NO/c1-3-9(4-2)7-14-5-6-15-8-10(11,12)13/h9,14H,3-8H2,1-2H3. The van der Waals surface area contributed by atoms with Gasteiger partial charge in [-0.15, -0.1) is 0 Å². The summed E-state index contributed by atoms with van der Waals surface area (Å²) in [6, 6.07) is 0. The van der Waals surface area contributed by atoms with Crippen LogP contribution in [-0.4, -0.2) is 32.5 Å². The van der Waals surface area contributed by atoms with Crippen LogP contribution in [0, 0.1) is 5.92 Å². The van der Waals surface area contributed by atoms with E-state index in [-0.39, 0.29) is 6.61 Å². The zero-order valence-electron chi connectivity index (χ0n) is 9.36. The summed E-state index contributed by atoms with van der Waals surface area (Å²) in [5, 5.41) is 3.08. The number of hydrogen-bond donors (Lipinski definition) is 1. The molecule has 0 aromatic rings. The normalized spacial score (nSPS) is 12.4. The molecule has 0 heterocycles. The summed E-state index contributed by atoms with van der Waals surface area (Å²) in [5.74, 6) is 0.604. The minimum Gasteiger partial charge on any atom is -0.371 e. The number of rotatable bonds is 8. The van der Waals surface area contributed by atoms with Crippen molar-refractivity contribution in [3.05, 3.63) is 0 Å². The summed E-state index contributed by atoms with van der Waals surface area (Å²) in [6.07, 6.45) is -2.03. The lowest BCUT2D eigenvalue weighted by molar-refractivity contribution is -0.173. The lowest BCUT2D eigenvalue weighted by Crippen LogP contribution is -2.27. The quantitative estimate of drug-likeness (QED) is 0.643. The van der Waals surface area contributed by atoms with Crippen molar-refractivity contribution < 1.29 is 17.9 Å². The van der Waals surface area contributed by atoms with Gasteiger partial charge in [0.05, 0.1) is 6.61 Å². The first-order valence-electron chi connectivity index (χ1n) is 5.34. The average Bonchev–Trinajstić information content (AvgIpc) is 2.15. The van der Waals surface area contributed by atoms with Crippen molar-refractivity contribution in [2.75, 3.05) is 26.3 Å². The monoisotopic (exact) mass is 227 g/mol. The van der Waals surface area contributed by atoms with Gasteiger partial charge in [0, 0.05) is 6.54 Å². The molecule has 0 saturated heterocycles. The molecule has 0 aliphatic rings. The maximum absolute atomic E-state index is 11.7. The molecule has 0 bridgehead atoms. The minimum absolute atomic E-state index is 0.111. The van der Waals surface area contributed by atoms with Crippen LogP contribution in [0.25, 0.3) is 0 Å². The molecule has 0 aromatic carbocycles. The van der Waals surface area contributed by atoms with Gasteiger partial charge in [-0.25, -0.2) is 0 Å². The van der Waals surface area contributed by atoms with Crippen molar-refractivity contribution in [1.29, 1.82) is 0 Å². The van der Waals surface area contributed by atoms with Gasteiger partial charge in [0.25, 0.3) is 0 Å². The summed E-state index contributed by atoms with van der Waals surface area (Å²) in [7, 11) is 0. The lowest BCUT2D eigenvalue weighted by atomic mass is 10.0. The summed E-state index contributed by atoms with van der Waals surface area (Å²) < 4.78 is 39.4. The van der Waals surface area contributed by atoms with Gasteiger partial charge in [-0.3, -0.25) is 0 Å². The van der Waals surface area contributed by atoms with Crippen molar-refractivity contribution in [2.45, 2.75) is 32.9 Å². The predicted molar refractivity (Wildman–Crippen MR) is 53.8 cm³/mol. The van der Waals surface area contributed by atoms with Crippen LogP contribution >= 0.6 is 0 Å². The molecule has 0 saturated carbocycles. The Morgan fingerprint density at radius 2 is 1.80 bits per heavy atom. The molecule has 0 atom stereocenters. The maximum Gasteiger partial charge on any atom is 0.411 e. The van der Waals surface area contributed by atoms with Gasteiger partial charge in [-0.2, -0.15) is 13.2 Å². The summed E-state index contributed by atoms with van der Waals surface area (Å²) in [4.78, 5) is 0. The fourth-order valence-electron chi connectivity index (χ4n) is 1.22. The molecule has 0 radical (unpaired) electrons. The highest BCUT2D eigenvalue weighted by Crippen LogP contribution is 2.13. The van der Waals surface area contributed by atoms with Crippen molar-refractivity contribution in [3.8, 4) is 0 Å². The molecule has 0 aliphatic heterocycles. The Bertz CT molecular complexity index is 146. The minimum atomic E-state index is -4.21. The Morgan fingerprint density at radius 3 is 2.27 bits per heavy atom. The molecule has 0 fully saturated rings. The van der Waals surface area contributed by atoms with Crippen LogP contribution in [0.4, 0.5) is 13.2 Å². The molecule has 0 aromatic heterocycles. The Labute approximate surface area is 89.2 Å².